The summed E-state index contributed by atoms with van der Waals surface area (Å²) >= 11 is 6.17. The van der Waals surface area contributed by atoms with Gasteiger partial charge in [-0.2, -0.15) is 0 Å². The average Bonchev–Trinajstić information content (AvgIpc) is 2.78. The van der Waals surface area contributed by atoms with Crippen LogP contribution in [0.25, 0.3) is 5.69 Å². The van der Waals surface area contributed by atoms with Crippen LogP contribution >= 0.6 is 24.0 Å². The number of nitrogens with two attached hydrogens (primary N) is 1. The van der Waals surface area contributed by atoms with Gasteiger partial charge in [-0.05, 0) is 25.0 Å². The predicted molar refractivity (Wildman–Crippen MR) is 92.0 cm³/mol. The number of carbonyl (C=O) groups is 1. The molecule has 2 rings (SSSR count). The van der Waals surface area contributed by atoms with Crippen LogP contribution < -0.4 is 11.1 Å². The van der Waals surface area contributed by atoms with Crippen LogP contribution in [0.5, 0.6) is 0 Å². The molecule has 1 aromatic carbocycles. The minimum atomic E-state index is -0.559. The summed E-state index contributed by atoms with van der Waals surface area (Å²) in [4.78, 5) is 12.0. The summed E-state index contributed by atoms with van der Waals surface area (Å²) in [5.41, 5.74) is 7.46. The number of amides is 1. The van der Waals surface area contributed by atoms with E-state index in [1.165, 1.54) is 0 Å². The Balaban J connectivity index is 0.00000242. The summed E-state index contributed by atoms with van der Waals surface area (Å²) in [6, 6.07) is 8.63. The second kappa shape index (κ2) is 7.63. The van der Waals surface area contributed by atoms with Crippen molar-refractivity contribution >= 4 is 35.7 Å². The number of carbonyl (C=O) groups excluding carboxylic acids is 1. The SMILES string of the molecule is Cc1cc(NC(=O)[C@@H](N)C(C)C)nn1-c1ccccc1Cl.Cl. The van der Waals surface area contributed by atoms with Crippen LogP contribution in [0, 0.1) is 12.8 Å². The molecule has 2 aromatic rings. The van der Waals surface area contributed by atoms with Gasteiger partial charge in [-0.3, -0.25) is 4.79 Å². The Bertz CT molecular complexity index is 655. The second-order valence-corrected chi connectivity index (χ2v) is 5.70. The van der Waals surface area contributed by atoms with E-state index in [1.54, 1.807) is 16.8 Å². The number of rotatable bonds is 4. The highest BCUT2D eigenvalue weighted by atomic mass is 35.5. The lowest BCUT2D eigenvalue weighted by Crippen LogP contribution is -2.39. The van der Waals surface area contributed by atoms with Crippen molar-refractivity contribution in [2.45, 2.75) is 26.8 Å². The third-order valence-corrected chi connectivity index (χ3v) is 3.56. The molecule has 7 heteroatoms. The van der Waals surface area contributed by atoms with Crippen LogP contribution in [0.15, 0.2) is 30.3 Å². The molecule has 1 heterocycles. The minimum absolute atomic E-state index is 0. The number of hydrogen-bond donors (Lipinski definition) is 2. The van der Waals surface area contributed by atoms with Gasteiger partial charge >= 0.3 is 0 Å². The number of aryl methyl sites for hydroxylation is 1. The summed E-state index contributed by atoms with van der Waals surface area (Å²) in [7, 11) is 0. The maximum absolute atomic E-state index is 12.0. The first-order valence-corrected chi connectivity index (χ1v) is 7.16. The van der Waals surface area contributed by atoms with Crippen LogP contribution in [-0.4, -0.2) is 21.7 Å². The molecule has 0 saturated carbocycles. The number of nitrogens with one attached hydrogen (secondary N) is 1. The van der Waals surface area contributed by atoms with Crippen molar-refractivity contribution in [3.05, 3.63) is 41.0 Å². The Hall–Kier alpha value is -1.56. The molecule has 1 aromatic heterocycles. The van der Waals surface area contributed by atoms with Gasteiger partial charge in [-0.15, -0.1) is 17.5 Å². The lowest BCUT2D eigenvalue weighted by Gasteiger charge is -2.13. The molecular weight excluding hydrogens is 323 g/mol. The summed E-state index contributed by atoms with van der Waals surface area (Å²) in [6.07, 6.45) is 0. The fourth-order valence-electron chi connectivity index (χ4n) is 1.92. The van der Waals surface area contributed by atoms with E-state index in [-0.39, 0.29) is 24.2 Å². The quantitative estimate of drug-likeness (QED) is 0.896. The van der Waals surface area contributed by atoms with E-state index in [4.69, 9.17) is 17.3 Å². The molecule has 0 spiro atoms. The van der Waals surface area contributed by atoms with Crippen LogP contribution in [0.1, 0.15) is 19.5 Å². The summed E-state index contributed by atoms with van der Waals surface area (Å²) in [5.74, 6) is 0.291. The van der Waals surface area contributed by atoms with E-state index in [1.807, 2.05) is 39.0 Å². The van der Waals surface area contributed by atoms with Gasteiger partial charge < -0.3 is 11.1 Å². The molecular formula is C15H20Cl2N4O. The number of nitrogens with zero attached hydrogens (tertiary/aromatic N) is 2. The Morgan fingerprint density at radius 1 is 1.36 bits per heavy atom. The monoisotopic (exact) mass is 342 g/mol. The van der Waals surface area contributed by atoms with Gasteiger partial charge in [0.15, 0.2) is 5.82 Å². The number of aromatic nitrogens is 2. The van der Waals surface area contributed by atoms with Crippen molar-refractivity contribution in [2.75, 3.05) is 5.32 Å². The average molecular weight is 343 g/mol. The highest BCUT2D eigenvalue weighted by Crippen LogP contribution is 2.22. The molecule has 0 aliphatic rings. The minimum Gasteiger partial charge on any atom is -0.320 e. The largest absolute Gasteiger partial charge is 0.320 e. The van der Waals surface area contributed by atoms with Crippen LogP contribution in [0.4, 0.5) is 5.82 Å². The molecule has 22 heavy (non-hydrogen) atoms. The molecule has 3 N–H and O–H groups in total. The molecule has 0 unspecified atom stereocenters. The Morgan fingerprint density at radius 2 is 2.00 bits per heavy atom. The lowest BCUT2D eigenvalue weighted by molar-refractivity contribution is -0.118. The van der Waals surface area contributed by atoms with E-state index < -0.39 is 6.04 Å². The third kappa shape index (κ3) is 4.00. The van der Waals surface area contributed by atoms with Crippen LogP contribution in [-0.2, 0) is 4.79 Å². The molecule has 0 fully saturated rings. The van der Waals surface area contributed by atoms with Crippen molar-refractivity contribution < 1.29 is 4.79 Å². The number of halogens is 2. The van der Waals surface area contributed by atoms with Crippen LogP contribution in [0.2, 0.25) is 5.02 Å². The predicted octanol–water partition coefficient (Wildman–Crippen LogP) is 3.18. The highest BCUT2D eigenvalue weighted by molar-refractivity contribution is 6.32. The van der Waals surface area contributed by atoms with Gasteiger partial charge in [0.2, 0.25) is 5.91 Å². The highest BCUT2D eigenvalue weighted by Gasteiger charge is 2.19. The normalized spacial score (nSPS) is 11.9. The van der Waals surface area contributed by atoms with Gasteiger partial charge in [-0.25, -0.2) is 4.68 Å². The number of hydrogen-bond acceptors (Lipinski definition) is 3. The van der Waals surface area contributed by atoms with Crippen molar-refractivity contribution in [1.29, 1.82) is 0 Å². The van der Waals surface area contributed by atoms with E-state index >= 15 is 0 Å². The Kier molecular flexibility index (Phi) is 6.41. The molecule has 5 nitrogen and oxygen atoms in total. The summed E-state index contributed by atoms with van der Waals surface area (Å²) in [5, 5.41) is 7.70. The Morgan fingerprint density at radius 3 is 2.59 bits per heavy atom. The first-order valence-electron chi connectivity index (χ1n) is 6.78. The van der Waals surface area contributed by atoms with Gasteiger partial charge in [0.25, 0.3) is 0 Å². The van der Waals surface area contributed by atoms with E-state index in [0.717, 1.165) is 11.4 Å². The lowest BCUT2D eigenvalue weighted by atomic mass is 10.1. The zero-order chi connectivity index (χ0) is 15.6. The molecule has 0 aliphatic heterocycles. The molecule has 0 aliphatic carbocycles. The molecule has 1 amide bonds. The van der Waals surface area contributed by atoms with Gasteiger partial charge in [-0.1, -0.05) is 37.6 Å². The summed E-state index contributed by atoms with van der Waals surface area (Å²) in [6.45, 7) is 5.70. The summed E-state index contributed by atoms with van der Waals surface area (Å²) < 4.78 is 1.69. The fraction of sp³-hybridized carbons (Fsp3) is 0.333. The molecule has 0 bridgehead atoms. The smallest absolute Gasteiger partial charge is 0.242 e. The van der Waals surface area contributed by atoms with Crippen molar-refractivity contribution in [3.63, 3.8) is 0 Å². The maximum atomic E-state index is 12.0. The number of para-hydroxylation sites is 1. The first-order chi connectivity index (χ1) is 9.90. The third-order valence-electron chi connectivity index (χ3n) is 3.24. The zero-order valence-corrected chi connectivity index (χ0v) is 14.3. The number of benzene rings is 1. The number of anilines is 1. The van der Waals surface area contributed by atoms with Crippen molar-refractivity contribution in [3.8, 4) is 5.69 Å². The van der Waals surface area contributed by atoms with E-state index in [9.17, 15) is 4.79 Å². The molecule has 1 atom stereocenters. The van der Waals surface area contributed by atoms with Gasteiger partial charge in [0.1, 0.15) is 0 Å². The van der Waals surface area contributed by atoms with Gasteiger partial charge in [0, 0.05) is 11.8 Å². The Labute approximate surface area is 141 Å². The fourth-order valence-corrected chi connectivity index (χ4v) is 2.13. The molecule has 0 saturated heterocycles. The van der Waals surface area contributed by atoms with Crippen LogP contribution in [0.3, 0.4) is 0 Å². The first kappa shape index (κ1) is 18.5. The molecule has 120 valence electrons. The molecule has 0 radical (unpaired) electrons. The van der Waals surface area contributed by atoms with E-state index in [0.29, 0.717) is 10.8 Å². The topological polar surface area (TPSA) is 72.9 Å². The maximum Gasteiger partial charge on any atom is 0.242 e. The second-order valence-electron chi connectivity index (χ2n) is 5.29. The van der Waals surface area contributed by atoms with Gasteiger partial charge in [0.05, 0.1) is 16.8 Å². The zero-order valence-electron chi connectivity index (χ0n) is 12.7. The standard InChI is InChI=1S/C15H19ClN4O.ClH/c1-9(2)14(17)15(21)18-13-8-10(3)20(19-13)12-7-5-4-6-11(12)16;/h4-9,14H,17H2,1-3H3,(H,18,19,21);1H/t14-;/m0./s1. The van der Waals surface area contributed by atoms with Crippen molar-refractivity contribution in [1.82, 2.24) is 9.78 Å². The van der Waals surface area contributed by atoms with Crippen molar-refractivity contribution in [2.24, 2.45) is 11.7 Å². The van der Waals surface area contributed by atoms with E-state index in [2.05, 4.69) is 10.4 Å².